The number of aromatic nitrogens is 3. The van der Waals surface area contributed by atoms with Gasteiger partial charge in [-0.3, -0.25) is 4.79 Å². The summed E-state index contributed by atoms with van der Waals surface area (Å²) in [6.07, 6.45) is 4.06. The maximum absolute atomic E-state index is 12.5. The van der Waals surface area contributed by atoms with E-state index in [-0.39, 0.29) is 24.6 Å². The second-order valence-corrected chi connectivity index (χ2v) is 6.62. The third-order valence-corrected chi connectivity index (χ3v) is 4.69. The van der Waals surface area contributed by atoms with Crippen LogP contribution in [0.2, 0.25) is 0 Å². The highest BCUT2D eigenvalue weighted by Crippen LogP contribution is 2.15. The minimum Gasteiger partial charge on any atom is -0.395 e. The van der Waals surface area contributed by atoms with Gasteiger partial charge in [0.2, 0.25) is 0 Å². The molecule has 0 saturated carbocycles. The van der Waals surface area contributed by atoms with Crippen molar-refractivity contribution in [3.05, 3.63) is 60.0 Å². The third-order valence-electron chi connectivity index (χ3n) is 4.69. The fraction of sp³-hybridized carbons (Fsp3) is 0.316. The fourth-order valence-electron chi connectivity index (χ4n) is 3.31. The number of carbonyl (C=O) groups is 1. The summed E-state index contributed by atoms with van der Waals surface area (Å²) >= 11 is 0. The molecule has 2 aromatic heterocycles. The van der Waals surface area contributed by atoms with Crippen molar-refractivity contribution in [2.24, 2.45) is 0 Å². The highest BCUT2D eigenvalue weighted by molar-refractivity contribution is 5.96. The number of rotatable bonds is 5. The lowest BCUT2D eigenvalue weighted by molar-refractivity contribution is 0.0939. The Hall–Kier alpha value is -2.77. The summed E-state index contributed by atoms with van der Waals surface area (Å²) in [7, 11) is 0. The van der Waals surface area contributed by atoms with Crippen LogP contribution in [0.15, 0.2) is 48.9 Å². The van der Waals surface area contributed by atoms with Gasteiger partial charge in [0.05, 0.1) is 25.0 Å². The third kappa shape index (κ3) is 3.44. The Morgan fingerprint density at radius 3 is 2.92 bits per heavy atom. The molecule has 0 spiro atoms. The number of carbonyl (C=O) groups excluding carboxylic acids is 1. The lowest BCUT2D eigenvalue weighted by Crippen LogP contribution is -2.36. The number of hydrogen-bond acceptors (Lipinski definition) is 5. The van der Waals surface area contributed by atoms with E-state index in [4.69, 9.17) is 5.11 Å². The molecule has 0 bridgehead atoms. The summed E-state index contributed by atoms with van der Waals surface area (Å²) < 4.78 is 1.97. The van der Waals surface area contributed by atoms with E-state index in [9.17, 15) is 4.79 Å². The number of nitrogens with zero attached hydrogens (tertiary/aromatic N) is 3. The molecule has 0 radical (unpaired) electrons. The van der Waals surface area contributed by atoms with Gasteiger partial charge in [-0.15, -0.1) is 0 Å². The number of aliphatic hydroxyl groups excluding tert-OH is 1. The van der Waals surface area contributed by atoms with Gasteiger partial charge in [-0.2, -0.15) is 0 Å². The van der Waals surface area contributed by atoms with Crippen LogP contribution in [0.1, 0.15) is 22.3 Å². The van der Waals surface area contributed by atoms with Crippen LogP contribution in [0.25, 0.3) is 11.2 Å². The van der Waals surface area contributed by atoms with Crippen molar-refractivity contribution >= 4 is 17.1 Å². The molecule has 2 atom stereocenters. The van der Waals surface area contributed by atoms with E-state index in [1.54, 1.807) is 18.6 Å². The van der Waals surface area contributed by atoms with E-state index in [1.165, 1.54) is 5.56 Å². The molecule has 1 aromatic carbocycles. The Labute approximate surface area is 151 Å². The summed E-state index contributed by atoms with van der Waals surface area (Å²) in [6, 6.07) is 12.0. The lowest BCUT2D eigenvalue weighted by Gasteiger charge is -2.11. The van der Waals surface area contributed by atoms with E-state index in [0.29, 0.717) is 24.2 Å². The largest absolute Gasteiger partial charge is 0.395 e. The molecule has 1 aliphatic heterocycles. The summed E-state index contributed by atoms with van der Waals surface area (Å²) in [6.45, 7) is 1.43. The van der Waals surface area contributed by atoms with Crippen LogP contribution in [0.5, 0.6) is 0 Å². The van der Waals surface area contributed by atoms with E-state index in [1.807, 2.05) is 22.8 Å². The molecule has 4 rings (SSSR count). The minimum atomic E-state index is -0.164. The number of benzene rings is 1. The number of fused-ring (bicyclic) bond motifs is 1. The number of nitrogens with one attached hydrogen (secondary N) is 2. The maximum atomic E-state index is 12.5. The second-order valence-electron chi connectivity index (χ2n) is 6.62. The zero-order valence-electron chi connectivity index (χ0n) is 14.3. The van der Waals surface area contributed by atoms with Gasteiger partial charge in [0, 0.05) is 24.8 Å². The summed E-state index contributed by atoms with van der Waals surface area (Å²) in [4.78, 5) is 21.3. The molecular weight excluding hydrogens is 330 g/mol. The average Bonchev–Trinajstić information content (AvgIpc) is 3.29. The zero-order chi connectivity index (χ0) is 17.9. The average molecular weight is 351 g/mol. The van der Waals surface area contributed by atoms with Crippen molar-refractivity contribution < 1.29 is 9.90 Å². The van der Waals surface area contributed by atoms with Crippen molar-refractivity contribution in [1.29, 1.82) is 0 Å². The molecule has 0 unspecified atom stereocenters. The van der Waals surface area contributed by atoms with Gasteiger partial charge < -0.3 is 20.3 Å². The standard InChI is InChI=1S/C19H21N5O2/c25-11-16-7-15(9-20-16)23-19(26)14-6-17-18(21-8-14)24(12-22-17)10-13-4-2-1-3-5-13/h1-6,8,12,15-16,20,25H,7,9-11H2,(H,23,26)/t15-,16+/m0/s1. The Morgan fingerprint density at radius 2 is 2.15 bits per heavy atom. The van der Waals surface area contributed by atoms with E-state index in [2.05, 4.69) is 32.7 Å². The van der Waals surface area contributed by atoms with Gasteiger partial charge in [0.1, 0.15) is 5.52 Å². The maximum Gasteiger partial charge on any atom is 0.253 e. The van der Waals surface area contributed by atoms with Gasteiger partial charge >= 0.3 is 0 Å². The molecule has 3 aromatic rings. The smallest absolute Gasteiger partial charge is 0.253 e. The normalized spacial score (nSPS) is 19.7. The number of amides is 1. The van der Waals surface area contributed by atoms with Crippen molar-refractivity contribution in [3.63, 3.8) is 0 Å². The Kier molecular flexibility index (Phi) is 4.64. The molecule has 7 heteroatoms. The first-order chi connectivity index (χ1) is 12.7. The molecule has 1 aliphatic rings. The molecule has 3 heterocycles. The number of imidazole rings is 1. The van der Waals surface area contributed by atoms with Crippen molar-refractivity contribution in [2.45, 2.75) is 25.0 Å². The lowest BCUT2D eigenvalue weighted by atomic mass is 10.1. The Balaban J connectivity index is 1.49. The monoisotopic (exact) mass is 351 g/mol. The predicted octanol–water partition coefficient (Wildman–Crippen LogP) is 0.932. The zero-order valence-corrected chi connectivity index (χ0v) is 14.3. The van der Waals surface area contributed by atoms with E-state index < -0.39 is 0 Å². The quantitative estimate of drug-likeness (QED) is 0.636. The van der Waals surface area contributed by atoms with Gasteiger partial charge in [0.25, 0.3) is 5.91 Å². The van der Waals surface area contributed by atoms with Crippen LogP contribution in [0, 0.1) is 0 Å². The SMILES string of the molecule is O=C(N[C@@H]1CN[C@@H](CO)C1)c1cnc2c(c1)ncn2Cc1ccccc1. The van der Waals surface area contributed by atoms with E-state index >= 15 is 0 Å². The molecule has 1 saturated heterocycles. The molecule has 26 heavy (non-hydrogen) atoms. The number of aliphatic hydroxyl groups is 1. The van der Waals surface area contributed by atoms with Gasteiger partial charge in [0.15, 0.2) is 5.65 Å². The first-order valence-electron chi connectivity index (χ1n) is 8.73. The van der Waals surface area contributed by atoms with Crippen LogP contribution in [0.4, 0.5) is 0 Å². The molecule has 1 fully saturated rings. The summed E-state index contributed by atoms with van der Waals surface area (Å²) in [5, 5.41) is 15.3. The van der Waals surface area contributed by atoms with Crippen LogP contribution in [-0.2, 0) is 6.54 Å². The van der Waals surface area contributed by atoms with E-state index in [0.717, 1.165) is 12.1 Å². The topological polar surface area (TPSA) is 92.1 Å². The van der Waals surface area contributed by atoms with Crippen LogP contribution < -0.4 is 10.6 Å². The van der Waals surface area contributed by atoms with Crippen molar-refractivity contribution in [2.75, 3.05) is 13.2 Å². The van der Waals surface area contributed by atoms with Crippen molar-refractivity contribution in [1.82, 2.24) is 25.2 Å². The van der Waals surface area contributed by atoms with Crippen molar-refractivity contribution in [3.8, 4) is 0 Å². The Bertz CT molecular complexity index is 909. The van der Waals surface area contributed by atoms with Gasteiger partial charge in [-0.25, -0.2) is 9.97 Å². The number of hydrogen-bond donors (Lipinski definition) is 3. The minimum absolute atomic E-state index is 0.0194. The summed E-state index contributed by atoms with van der Waals surface area (Å²) in [5.74, 6) is -0.164. The van der Waals surface area contributed by atoms with Crippen LogP contribution >= 0.6 is 0 Å². The molecule has 1 amide bonds. The predicted molar refractivity (Wildman–Crippen MR) is 97.8 cm³/mol. The summed E-state index contributed by atoms with van der Waals surface area (Å²) in [5.41, 5.74) is 3.12. The molecule has 134 valence electrons. The molecular formula is C19H21N5O2. The molecule has 3 N–H and O–H groups in total. The highest BCUT2D eigenvalue weighted by atomic mass is 16.3. The molecule has 0 aliphatic carbocycles. The molecule has 7 nitrogen and oxygen atoms in total. The van der Waals surface area contributed by atoms with Gasteiger partial charge in [-0.1, -0.05) is 30.3 Å². The van der Waals surface area contributed by atoms with Gasteiger partial charge in [-0.05, 0) is 18.1 Å². The Morgan fingerprint density at radius 1 is 1.31 bits per heavy atom. The highest BCUT2D eigenvalue weighted by Gasteiger charge is 2.25. The first kappa shape index (κ1) is 16.7. The van der Waals surface area contributed by atoms with Crippen LogP contribution in [-0.4, -0.2) is 50.8 Å². The number of pyridine rings is 1. The second kappa shape index (κ2) is 7.23. The first-order valence-corrected chi connectivity index (χ1v) is 8.73. The fourth-order valence-corrected chi connectivity index (χ4v) is 3.31. The van der Waals surface area contributed by atoms with Crippen LogP contribution in [0.3, 0.4) is 0 Å².